The van der Waals surface area contributed by atoms with E-state index in [1.54, 1.807) is 17.8 Å². The first-order valence-electron chi connectivity index (χ1n) is 7.56. The van der Waals surface area contributed by atoms with Gasteiger partial charge in [0, 0.05) is 6.20 Å². The third-order valence-electron chi connectivity index (χ3n) is 2.96. The summed E-state index contributed by atoms with van der Waals surface area (Å²) in [5.41, 5.74) is 1.58. The van der Waals surface area contributed by atoms with Crippen LogP contribution in [-0.4, -0.2) is 35.1 Å². The van der Waals surface area contributed by atoms with E-state index in [-0.39, 0.29) is 6.61 Å². The van der Waals surface area contributed by atoms with Gasteiger partial charge in [0.25, 0.3) is 0 Å². The molecule has 1 aromatic heterocycles. The minimum absolute atomic E-state index is 0.194. The van der Waals surface area contributed by atoms with Gasteiger partial charge < -0.3 is 14.8 Å². The Hall–Kier alpha value is -2.87. The van der Waals surface area contributed by atoms with Crippen molar-refractivity contribution in [3.63, 3.8) is 0 Å². The second-order valence-corrected chi connectivity index (χ2v) is 4.83. The molecular formula is C16H20N4O4. The highest BCUT2D eigenvalue weighted by molar-refractivity contribution is 5.98. The number of hydrogen-bond acceptors (Lipinski definition) is 5. The number of aromatic nitrogens is 2. The monoisotopic (exact) mass is 332 g/mol. The summed E-state index contributed by atoms with van der Waals surface area (Å²) in [6, 6.07) is 9.21. The van der Waals surface area contributed by atoms with E-state index in [1.165, 1.54) is 6.20 Å². The average molecular weight is 332 g/mol. The van der Waals surface area contributed by atoms with E-state index in [4.69, 9.17) is 4.74 Å². The minimum Gasteiger partial charge on any atom is -0.450 e. The molecule has 0 atom stereocenters. The Morgan fingerprint density at radius 1 is 1.25 bits per heavy atom. The van der Waals surface area contributed by atoms with Crippen molar-refractivity contribution >= 4 is 17.8 Å². The van der Waals surface area contributed by atoms with Crippen LogP contribution >= 0.6 is 0 Å². The predicted octanol–water partition coefficient (Wildman–Crippen LogP) is 2.38. The molecule has 0 unspecified atom stereocenters. The topological polar surface area (TPSA) is 94.5 Å². The van der Waals surface area contributed by atoms with Crippen molar-refractivity contribution in [2.75, 3.05) is 18.5 Å². The van der Waals surface area contributed by atoms with Crippen LogP contribution in [0.5, 0.6) is 0 Å². The fourth-order valence-electron chi connectivity index (χ4n) is 1.89. The first kappa shape index (κ1) is 17.5. The molecule has 24 heavy (non-hydrogen) atoms. The lowest BCUT2D eigenvalue weighted by molar-refractivity contribution is 0.111. The number of rotatable bonds is 7. The summed E-state index contributed by atoms with van der Waals surface area (Å²) in [5, 5.41) is 8.64. The van der Waals surface area contributed by atoms with E-state index in [0.717, 1.165) is 5.56 Å². The lowest BCUT2D eigenvalue weighted by Gasteiger charge is -2.05. The van der Waals surface area contributed by atoms with Crippen LogP contribution in [0.3, 0.4) is 0 Å². The summed E-state index contributed by atoms with van der Waals surface area (Å²) in [4.78, 5) is 22.6. The number of carbonyl (C=O) groups is 2. The number of alkyl carbamates (subject to hydrolysis) is 1. The van der Waals surface area contributed by atoms with Gasteiger partial charge in [-0.2, -0.15) is 5.10 Å². The highest BCUT2D eigenvalue weighted by atomic mass is 16.5. The smallest absolute Gasteiger partial charge is 0.415 e. The second kappa shape index (κ2) is 9.31. The van der Waals surface area contributed by atoms with E-state index in [0.29, 0.717) is 25.4 Å². The maximum Gasteiger partial charge on any atom is 0.415 e. The van der Waals surface area contributed by atoms with Crippen LogP contribution in [0.4, 0.5) is 15.3 Å². The zero-order valence-electron chi connectivity index (χ0n) is 13.4. The van der Waals surface area contributed by atoms with Crippen molar-refractivity contribution in [1.29, 1.82) is 0 Å². The van der Waals surface area contributed by atoms with Gasteiger partial charge in [0.05, 0.1) is 38.2 Å². The van der Waals surface area contributed by atoms with Gasteiger partial charge in [-0.1, -0.05) is 30.3 Å². The van der Waals surface area contributed by atoms with Crippen LogP contribution in [0.25, 0.3) is 0 Å². The Bertz CT molecular complexity index is 657. The van der Waals surface area contributed by atoms with Crippen molar-refractivity contribution in [3.05, 3.63) is 48.3 Å². The van der Waals surface area contributed by atoms with Gasteiger partial charge in [0.2, 0.25) is 0 Å². The van der Waals surface area contributed by atoms with E-state index >= 15 is 0 Å². The van der Waals surface area contributed by atoms with Crippen molar-refractivity contribution in [1.82, 2.24) is 15.1 Å². The number of carbonyl (C=O) groups excluding carboxylic acids is 2. The van der Waals surface area contributed by atoms with E-state index in [2.05, 4.69) is 15.2 Å². The van der Waals surface area contributed by atoms with Gasteiger partial charge in [-0.3, -0.25) is 4.68 Å². The summed E-state index contributed by atoms with van der Waals surface area (Å²) in [7, 11) is 0. The number of benzene rings is 1. The van der Waals surface area contributed by atoms with Gasteiger partial charge in [-0.15, -0.1) is 0 Å². The Morgan fingerprint density at radius 3 is 2.79 bits per heavy atom. The van der Waals surface area contributed by atoms with Crippen molar-refractivity contribution in [2.24, 2.45) is 0 Å². The molecule has 1 heterocycles. The normalized spacial score (nSPS) is 10.2. The summed E-state index contributed by atoms with van der Waals surface area (Å²) in [6.45, 7) is 3.43. The highest BCUT2D eigenvalue weighted by Gasteiger charge is 2.09. The molecule has 3 amide bonds. The van der Waals surface area contributed by atoms with Crippen molar-refractivity contribution in [2.45, 2.75) is 20.1 Å². The molecule has 0 saturated heterocycles. The first-order valence-corrected chi connectivity index (χ1v) is 7.56. The van der Waals surface area contributed by atoms with Crippen LogP contribution in [-0.2, 0) is 22.6 Å². The number of ether oxygens (including phenoxy) is 2. The number of amides is 3. The molecule has 2 N–H and O–H groups in total. The number of imide groups is 1. The zero-order valence-corrected chi connectivity index (χ0v) is 13.4. The lowest BCUT2D eigenvalue weighted by Crippen LogP contribution is -2.34. The Labute approximate surface area is 139 Å². The molecule has 128 valence electrons. The quantitative estimate of drug-likeness (QED) is 0.759. The molecule has 2 aromatic rings. The second-order valence-electron chi connectivity index (χ2n) is 4.83. The SMILES string of the molecule is CCOC(=O)NC(=O)Nc1cnn(CCOCc2ccccc2)c1. The fraction of sp³-hybridized carbons (Fsp3) is 0.312. The number of urea groups is 1. The van der Waals surface area contributed by atoms with Gasteiger partial charge in [0.15, 0.2) is 0 Å². The number of anilines is 1. The van der Waals surface area contributed by atoms with Gasteiger partial charge >= 0.3 is 12.1 Å². The van der Waals surface area contributed by atoms with Gasteiger partial charge in [-0.05, 0) is 12.5 Å². The first-order chi connectivity index (χ1) is 11.7. The molecule has 0 saturated carbocycles. The largest absolute Gasteiger partial charge is 0.450 e. The Kier molecular flexibility index (Phi) is 6.78. The molecular weight excluding hydrogens is 312 g/mol. The van der Waals surface area contributed by atoms with Crippen LogP contribution in [0.1, 0.15) is 12.5 Å². The zero-order chi connectivity index (χ0) is 17.2. The Balaban J connectivity index is 1.69. The third kappa shape index (κ3) is 6.09. The Morgan fingerprint density at radius 2 is 2.04 bits per heavy atom. The van der Waals surface area contributed by atoms with E-state index in [9.17, 15) is 9.59 Å². The molecule has 8 heteroatoms. The molecule has 0 fully saturated rings. The van der Waals surface area contributed by atoms with Gasteiger partial charge in [-0.25, -0.2) is 14.9 Å². The van der Waals surface area contributed by atoms with Crippen LogP contribution in [0, 0.1) is 0 Å². The predicted molar refractivity (Wildman–Crippen MR) is 87.5 cm³/mol. The highest BCUT2D eigenvalue weighted by Crippen LogP contribution is 2.05. The van der Waals surface area contributed by atoms with Crippen LogP contribution < -0.4 is 10.6 Å². The number of nitrogens with zero attached hydrogens (tertiary/aromatic N) is 2. The van der Waals surface area contributed by atoms with E-state index < -0.39 is 12.1 Å². The maximum atomic E-state index is 11.5. The van der Waals surface area contributed by atoms with Crippen molar-refractivity contribution in [3.8, 4) is 0 Å². The molecule has 0 bridgehead atoms. The molecule has 0 aliphatic carbocycles. The van der Waals surface area contributed by atoms with E-state index in [1.807, 2.05) is 35.6 Å². The standard InChI is InChI=1S/C16H20N4O4/c1-2-24-16(22)19-15(21)18-14-10-17-20(11-14)8-9-23-12-13-6-4-3-5-7-13/h3-7,10-11H,2,8-9,12H2,1H3,(H2,18,19,21,22). The molecule has 2 rings (SSSR count). The number of hydrogen-bond donors (Lipinski definition) is 2. The lowest BCUT2D eigenvalue weighted by atomic mass is 10.2. The maximum absolute atomic E-state index is 11.5. The average Bonchev–Trinajstić information content (AvgIpc) is 3.00. The third-order valence-corrected chi connectivity index (χ3v) is 2.96. The molecule has 0 aliphatic rings. The van der Waals surface area contributed by atoms with Crippen LogP contribution in [0.15, 0.2) is 42.7 Å². The summed E-state index contributed by atoms with van der Waals surface area (Å²) in [6.07, 6.45) is 2.34. The molecule has 0 radical (unpaired) electrons. The molecule has 0 aliphatic heterocycles. The number of nitrogens with one attached hydrogen (secondary N) is 2. The molecule has 1 aromatic carbocycles. The summed E-state index contributed by atoms with van der Waals surface area (Å²) < 4.78 is 11.8. The van der Waals surface area contributed by atoms with Crippen molar-refractivity contribution < 1.29 is 19.1 Å². The molecule has 0 spiro atoms. The van der Waals surface area contributed by atoms with Crippen LogP contribution in [0.2, 0.25) is 0 Å². The van der Waals surface area contributed by atoms with Gasteiger partial charge in [0.1, 0.15) is 0 Å². The molecule has 8 nitrogen and oxygen atoms in total. The summed E-state index contributed by atoms with van der Waals surface area (Å²) in [5.74, 6) is 0. The fourth-order valence-corrected chi connectivity index (χ4v) is 1.89. The summed E-state index contributed by atoms with van der Waals surface area (Å²) >= 11 is 0. The minimum atomic E-state index is -0.795.